The Hall–Kier alpha value is -3.27. The molecule has 4 aromatic rings. The molecular formula is C24H24F2N6OS. The topological polar surface area (TPSA) is 67.6 Å². The Morgan fingerprint density at radius 1 is 1.12 bits per heavy atom. The molecule has 3 atom stereocenters. The standard InChI is InChI=1S/C24H24F2N6OS/c1-14-11-20(34-30-14)31-12-16-4-5-17(13-31)21(16)27-24-28-22-19(3-2-10-32(22)29-24)15-6-8-18(9-7-15)33-23(25)26/h2-3,6-11,16-17,21,23H,4-5,12-13H2,1H3,(H,27,29)/t16-,17+,21?. The summed E-state index contributed by atoms with van der Waals surface area (Å²) in [4.78, 5) is 7.27. The van der Waals surface area contributed by atoms with Crippen LogP contribution in [0.2, 0.25) is 0 Å². The molecule has 0 amide bonds. The number of aryl methyl sites for hydroxylation is 1. The molecule has 1 aliphatic heterocycles. The van der Waals surface area contributed by atoms with Crippen molar-refractivity contribution in [1.29, 1.82) is 0 Å². The lowest BCUT2D eigenvalue weighted by Gasteiger charge is -2.38. The number of rotatable bonds is 6. The van der Waals surface area contributed by atoms with E-state index in [0.29, 0.717) is 23.8 Å². The molecule has 7 nitrogen and oxygen atoms in total. The maximum Gasteiger partial charge on any atom is 0.387 e. The van der Waals surface area contributed by atoms with Gasteiger partial charge in [-0.25, -0.2) is 4.52 Å². The molecule has 3 aromatic heterocycles. The molecule has 10 heteroatoms. The minimum absolute atomic E-state index is 0.129. The van der Waals surface area contributed by atoms with Crippen LogP contribution in [0, 0.1) is 18.8 Å². The molecule has 1 N–H and O–H groups in total. The predicted octanol–water partition coefficient (Wildman–Crippen LogP) is 5.09. The molecule has 176 valence electrons. The summed E-state index contributed by atoms with van der Waals surface area (Å²) in [5.74, 6) is 1.82. The van der Waals surface area contributed by atoms with Crippen molar-refractivity contribution in [2.75, 3.05) is 23.3 Å². The molecule has 6 rings (SSSR count). The summed E-state index contributed by atoms with van der Waals surface area (Å²) in [6.07, 6.45) is 4.26. The number of anilines is 2. The number of benzene rings is 1. The summed E-state index contributed by atoms with van der Waals surface area (Å²) in [6, 6.07) is 13.0. The number of hydrogen-bond donors (Lipinski definition) is 1. The smallest absolute Gasteiger partial charge is 0.387 e. The van der Waals surface area contributed by atoms with E-state index in [1.165, 1.54) is 30.0 Å². The number of halogens is 2. The molecule has 1 unspecified atom stereocenters. The molecule has 0 radical (unpaired) electrons. The normalized spacial score (nSPS) is 22.0. The highest BCUT2D eigenvalue weighted by atomic mass is 32.1. The third-order valence-electron chi connectivity index (χ3n) is 6.81. The van der Waals surface area contributed by atoms with Crippen LogP contribution in [0.1, 0.15) is 18.5 Å². The third kappa shape index (κ3) is 3.96. The number of piperidine rings is 1. The molecular weight excluding hydrogens is 458 g/mol. The minimum atomic E-state index is -2.84. The van der Waals surface area contributed by atoms with E-state index < -0.39 is 6.61 Å². The van der Waals surface area contributed by atoms with Gasteiger partial charge in [-0.3, -0.25) is 0 Å². The molecule has 1 saturated carbocycles. The quantitative estimate of drug-likeness (QED) is 0.413. The van der Waals surface area contributed by atoms with Crippen LogP contribution in [0.25, 0.3) is 16.8 Å². The Labute approximate surface area is 199 Å². The molecule has 2 fully saturated rings. The first kappa shape index (κ1) is 21.3. The molecule has 4 heterocycles. The highest BCUT2D eigenvalue weighted by molar-refractivity contribution is 7.10. The van der Waals surface area contributed by atoms with E-state index in [9.17, 15) is 8.78 Å². The fourth-order valence-corrected chi connectivity index (χ4v) is 6.07. The second-order valence-electron chi connectivity index (χ2n) is 9.01. The van der Waals surface area contributed by atoms with Crippen LogP contribution < -0.4 is 15.0 Å². The SMILES string of the molecule is Cc1cc(N2C[C@H]3CC[C@@H](C2)C3Nc2nc3c(-c4ccc(OC(F)F)cc4)cccn3n2)sn1. The maximum atomic E-state index is 12.5. The van der Waals surface area contributed by atoms with Crippen molar-refractivity contribution in [1.82, 2.24) is 19.0 Å². The first-order valence-electron chi connectivity index (χ1n) is 11.4. The van der Waals surface area contributed by atoms with E-state index in [1.54, 1.807) is 28.2 Å². The molecule has 2 bridgehead atoms. The van der Waals surface area contributed by atoms with E-state index in [0.717, 1.165) is 35.6 Å². The van der Waals surface area contributed by atoms with Gasteiger partial charge in [0.25, 0.3) is 0 Å². The van der Waals surface area contributed by atoms with E-state index in [4.69, 9.17) is 4.98 Å². The molecule has 1 saturated heterocycles. The minimum Gasteiger partial charge on any atom is -0.435 e. The lowest BCUT2D eigenvalue weighted by molar-refractivity contribution is -0.0498. The third-order valence-corrected chi connectivity index (χ3v) is 7.75. The van der Waals surface area contributed by atoms with Crippen LogP contribution in [-0.2, 0) is 0 Å². The first-order valence-corrected chi connectivity index (χ1v) is 12.2. The largest absolute Gasteiger partial charge is 0.435 e. The summed E-state index contributed by atoms with van der Waals surface area (Å²) in [5, 5.41) is 9.57. The average Bonchev–Trinajstić information content (AvgIpc) is 3.49. The zero-order valence-corrected chi connectivity index (χ0v) is 19.4. The van der Waals surface area contributed by atoms with Gasteiger partial charge in [0.05, 0.1) is 5.69 Å². The van der Waals surface area contributed by atoms with Crippen LogP contribution in [0.4, 0.5) is 19.7 Å². The number of ether oxygens (including phenoxy) is 1. The summed E-state index contributed by atoms with van der Waals surface area (Å²) in [5.41, 5.74) is 3.54. The van der Waals surface area contributed by atoms with Gasteiger partial charge in [-0.2, -0.15) is 18.1 Å². The lowest BCUT2D eigenvalue weighted by atomic mass is 9.92. The number of nitrogens with zero attached hydrogens (tertiary/aromatic N) is 5. The second-order valence-corrected chi connectivity index (χ2v) is 9.79. The zero-order valence-electron chi connectivity index (χ0n) is 18.6. The molecule has 34 heavy (non-hydrogen) atoms. The highest BCUT2D eigenvalue weighted by Gasteiger charge is 2.43. The number of hydrogen-bond acceptors (Lipinski definition) is 7. The summed E-state index contributed by atoms with van der Waals surface area (Å²) < 4.78 is 35.6. The Balaban J connectivity index is 1.22. The van der Waals surface area contributed by atoms with Gasteiger partial charge in [-0.1, -0.05) is 12.1 Å². The van der Waals surface area contributed by atoms with Crippen LogP contribution in [0.3, 0.4) is 0 Å². The first-order chi connectivity index (χ1) is 16.5. The van der Waals surface area contributed by atoms with Gasteiger partial charge in [0.15, 0.2) is 5.65 Å². The van der Waals surface area contributed by atoms with E-state index in [1.807, 2.05) is 25.3 Å². The second kappa shape index (κ2) is 8.50. The fourth-order valence-electron chi connectivity index (χ4n) is 5.30. The Morgan fingerprint density at radius 3 is 2.56 bits per heavy atom. The van der Waals surface area contributed by atoms with E-state index >= 15 is 0 Å². The van der Waals surface area contributed by atoms with Crippen LogP contribution in [0.5, 0.6) is 5.75 Å². The summed E-state index contributed by atoms with van der Waals surface area (Å²) >= 11 is 1.58. The van der Waals surface area contributed by atoms with Gasteiger partial charge in [-0.05, 0) is 79.0 Å². The highest BCUT2D eigenvalue weighted by Crippen LogP contribution is 2.41. The van der Waals surface area contributed by atoms with Crippen LogP contribution in [-0.4, -0.2) is 44.7 Å². The number of alkyl halides is 2. The van der Waals surface area contributed by atoms with Gasteiger partial charge in [0.1, 0.15) is 10.8 Å². The number of aromatic nitrogens is 4. The number of pyridine rings is 1. The van der Waals surface area contributed by atoms with Gasteiger partial charge < -0.3 is 15.0 Å². The van der Waals surface area contributed by atoms with Crippen LogP contribution >= 0.6 is 11.5 Å². The monoisotopic (exact) mass is 482 g/mol. The van der Waals surface area contributed by atoms with Gasteiger partial charge in [0, 0.05) is 30.9 Å². The lowest BCUT2D eigenvalue weighted by Crippen LogP contribution is -2.48. The summed E-state index contributed by atoms with van der Waals surface area (Å²) in [7, 11) is 0. The predicted molar refractivity (Wildman–Crippen MR) is 128 cm³/mol. The Kier molecular flexibility index (Phi) is 5.32. The Bertz CT molecular complexity index is 1290. The van der Waals surface area contributed by atoms with Crippen LogP contribution in [0.15, 0.2) is 48.7 Å². The van der Waals surface area contributed by atoms with Crippen molar-refractivity contribution in [3.05, 3.63) is 54.4 Å². The van der Waals surface area contributed by atoms with Crippen molar-refractivity contribution in [3.63, 3.8) is 0 Å². The van der Waals surface area contributed by atoms with E-state index in [-0.39, 0.29) is 5.75 Å². The molecule has 1 aliphatic carbocycles. The van der Waals surface area contributed by atoms with Crippen molar-refractivity contribution >= 4 is 28.1 Å². The van der Waals surface area contributed by atoms with Gasteiger partial charge >= 0.3 is 6.61 Å². The fraction of sp³-hybridized carbons (Fsp3) is 0.375. The zero-order chi connectivity index (χ0) is 23.2. The number of nitrogens with one attached hydrogen (secondary N) is 1. The molecule has 1 aromatic carbocycles. The van der Waals surface area contributed by atoms with Crippen molar-refractivity contribution in [3.8, 4) is 16.9 Å². The van der Waals surface area contributed by atoms with Gasteiger partial charge in [0.2, 0.25) is 5.95 Å². The molecule has 0 spiro atoms. The summed E-state index contributed by atoms with van der Waals surface area (Å²) in [6.45, 7) is 1.23. The maximum absolute atomic E-state index is 12.5. The Morgan fingerprint density at radius 2 is 1.88 bits per heavy atom. The average molecular weight is 483 g/mol. The number of fused-ring (bicyclic) bond motifs is 3. The van der Waals surface area contributed by atoms with Crippen molar-refractivity contribution in [2.24, 2.45) is 11.8 Å². The van der Waals surface area contributed by atoms with E-state index in [2.05, 4.69) is 30.5 Å². The van der Waals surface area contributed by atoms with Crippen molar-refractivity contribution in [2.45, 2.75) is 32.4 Å². The van der Waals surface area contributed by atoms with Gasteiger partial charge in [-0.15, -0.1) is 5.10 Å². The molecule has 2 aliphatic rings. The van der Waals surface area contributed by atoms with Crippen molar-refractivity contribution < 1.29 is 13.5 Å².